The molecule has 1 saturated carbocycles. The summed E-state index contributed by atoms with van der Waals surface area (Å²) in [6.07, 6.45) is 4.66. The maximum absolute atomic E-state index is 5.37. The van der Waals surface area contributed by atoms with Crippen molar-refractivity contribution in [1.29, 1.82) is 0 Å². The largest absolute Gasteiger partial charge is 0.467 e. The van der Waals surface area contributed by atoms with Crippen molar-refractivity contribution < 1.29 is 4.74 Å². The van der Waals surface area contributed by atoms with E-state index in [1.807, 2.05) is 5.38 Å². The summed E-state index contributed by atoms with van der Waals surface area (Å²) in [6.45, 7) is 0. The van der Waals surface area contributed by atoms with E-state index >= 15 is 0 Å². The van der Waals surface area contributed by atoms with Crippen molar-refractivity contribution in [1.82, 2.24) is 4.98 Å². The second-order valence-electron chi connectivity index (χ2n) is 2.12. The van der Waals surface area contributed by atoms with E-state index in [1.165, 1.54) is 12.8 Å². The zero-order chi connectivity index (χ0) is 6.10. The molecule has 1 aromatic rings. The molecule has 0 spiro atoms. The molecule has 0 unspecified atom stereocenters. The number of hydrogen-bond donors (Lipinski definition) is 0. The standard InChI is InChI=1S/C6H7NOS/c1-2-5(1)8-6-7-3-4-9-6/h3-5H,1-2H2. The van der Waals surface area contributed by atoms with Gasteiger partial charge in [0.25, 0.3) is 5.19 Å². The molecule has 0 aliphatic heterocycles. The van der Waals surface area contributed by atoms with Crippen LogP contribution in [0.2, 0.25) is 0 Å². The van der Waals surface area contributed by atoms with Gasteiger partial charge in [-0.3, -0.25) is 0 Å². The van der Waals surface area contributed by atoms with Crippen LogP contribution in [-0.4, -0.2) is 11.1 Å². The summed E-state index contributed by atoms with van der Waals surface area (Å²) in [6, 6.07) is 0. The number of aromatic nitrogens is 1. The first-order chi connectivity index (χ1) is 4.45. The lowest BCUT2D eigenvalue weighted by Crippen LogP contribution is -1.93. The summed E-state index contributed by atoms with van der Waals surface area (Å²) in [4.78, 5) is 3.99. The smallest absolute Gasteiger partial charge is 0.273 e. The Bertz CT molecular complexity index is 181. The highest BCUT2D eigenvalue weighted by molar-refractivity contribution is 7.11. The predicted molar refractivity (Wildman–Crippen MR) is 35.8 cm³/mol. The maximum Gasteiger partial charge on any atom is 0.273 e. The highest BCUT2D eigenvalue weighted by Crippen LogP contribution is 2.27. The van der Waals surface area contributed by atoms with Gasteiger partial charge in [0.2, 0.25) is 0 Å². The Hall–Kier alpha value is -0.570. The SMILES string of the molecule is c1csc(OC2CC2)n1. The van der Waals surface area contributed by atoms with E-state index in [1.54, 1.807) is 17.5 Å². The van der Waals surface area contributed by atoms with Gasteiger partial charge in [0.15, 0.2) is 0 Å². The molecule has 0 amide bonds. The lowest BCUT2D eigenvalue weighted by atomic mass is 10.8. The number of rotatable bonds is 2. The molecule has 1 fully saturated rings. The van der Waals surface area contributed by atoms with Crippen LogP contribution in [0.25, 0.3) is 0 Å². The molecule has 0 bridgehead atoms. The van der Waals surface area contributed by atoms with Crippen LogP contribution >= 0.6 is 11.3 Å². The minimum Gasteiger partial charge on any atom is -0.467 e. The van der Waals surface area contributed by atoms with E-state index in [4.69, 9.17) is 4.74 Å². The van der Waals surface area contributed by atoms with Crippen molar-refractivity contribution >= 4 is 11.3 Å². The van der Waals surface area contributed by atoms with Crippen LogP contribution in [-0.2, 0) is 0 Å². The summed E-state index contributed by atoms with van der Waals surface area (Å²) >= 11 is 1.56. The monoisotopic (exact) mass is 141 g/mol. The Kier molecular flexibility index (Phi) is 1.16. The van der Waals surface area contributed by atoms with Gasteiger partial charge in [-0.25, -0.2) is 4.98 Å². The lowest BCUT2D eigenvalue weighted by molar-refractivity contribution is 0.301. The predicted octanol–water partition coefficient (Wildman–Crippen LogP) is 1.68. The first kappa shape index (κ1) is 5.23. The van der Waals surface area contributed by atoms with Crippen LogP contribution in [0, 0.1) is 0 Å². The molecule has 0 aromatic carbocycles. The van der Waals surface area contributed by atoms with Gasteiger partial charge in [0.1, 0.15) is 6.10 Å². The third-order valence-corrected chi connectivity index (χ3v) is 1.86. The lowest BCUT2D eigenvalue weighted by Gasteiger charge is -1.94. The summed E-state index contributed by atoms with van der Waals surface area (Å²) in [5.41, 5.74) is 0. The normalized spacial score (nSPS) is 17.8. The Morgan fingerprint density at radius 1 is 1.67 bits per heavy atom. The van der Waals surface area contributed by atoms with Gasteiger partial charge in [0.05, 0.1) is 0 Å². The molecule has 1 heterocycles. The molecule has 1 aromatic heterocycles. The molecule has 48 valence electrons. The van der Waals surface area contributed by atoms with E-state index in [0.717, 1.165) is 5.19 Å². The first-order valence-electron chi connectivity index (χ1n) is 3.01. The molecule has 2 rings (SSSR count). The fourth-order valence-electron chi connectivity index (χ4n) is 0.597. The summed E-state index contributed by atoms with van der Waals surface area (Å²) < 4.78 is 5.37. The fourth-order valence-corrected chi connectivity index (χ4v) is 1.15. The zero-order valence-corrected chi connectivity index (χ0v) is 5.73. The first-order valence-corrected chi connectivity index (χ1v) is 3.89. The van der Waals surface area contributed by atoms with Crippen LogP contribution in [0.1, 0.15) is 12.8 Å². The Balaban J connectivity index is 1.99. The van der Waals surface area contributed by atoms with Gasteiger partial charge in [-0.1, -0.05) is 11.3 Å². The fraction of sp³-hybridized carbons (Fsp3) is 0.500. The van der Waals surface area contributed by atoms with Crippen molar-refractivity contribution in [3.05, 3.63) is 11.6 Å². The zero-order valence-electron chi connectivity index (χ0n) is 4.91. The summed E-state index contributed by atoms with van der Waals surface area (Å²) in [5, 5.41) is 2.75. The molecule has 0 saturated heterocycles. The van der Waals surface area contributed by atoms with Crippen LogP contribution in [0.3, 0.4) is 0 Å². The van der Waals surface area contributed by atoms with E-state index in [2.05, 4.69) is 4.98 Å². The van der Waals surface area contributed by atoms with Gasteiger partial charge in [-0.15, -0.1) is 0 Å². The van der Waals surface area contributed by atoms with Gasteiger partial charge >= 0.3 is 0 Å². The van der Waals surface area contributed by atoms with E-state index in [0.29, 0.717) is 6.10 Å². The van der Waals surface area contributed by atoms with E-state index in [-0.39, 0.29) is 0 Å². The molecular formula is C6H7NOS. The minimum atomic E-state index is 0.483. The van der Waals surface area contributed by atoms with Crippen LogP contribution in [0.15, 0.2) is 11.6 Å². The minimum absolute atomic E-state index is 0.483. The number of ether oxygens (including phenoxy) is 1. The molecular weight excluding hydrogens is 134 g/mol. The van der Waals surface area contributed by atoms with Crippen molar-refractivity contribution in [2.75, 3.05) is 0 Å². The molecule has 1 aliphatic carbocycles. The van der Waals surface area contributed by atoms with Crippen LogP contribution in [0.4, 0.5) is 0 Å². The Morgan fingerprint density at radius 2 is 2.56 bits per heavy atom. The molecule has 0 radical (unpaired) electrons. The number of hydrogen-bond acceptors (Lipinski definition) is 3. The molecule has 3 heteroatoms. The second kappa shape index (κ2) is 1.99. The topological polar surface area (TPSA) is 22.1 Å². The quantitative estimate of drug-likeness (QED) is 0.625. The summed E-state index contributed by atoms with van der Waals surface area (Å²) in [5.74, 6) is 0. The van der Waals surface area contributed by atoms with Crippen molar-refractivity contribution in [3.8, 4) is 5.19 Å². The van der Waals surface area contributed by atoms with Crippen LogP contribution < -0.4 is 4.74 Å². The molecule has 0 N–H and O–H groups in total. The second-order valence-corrected chi connectivity index (χ2v) is 2.97. The number of nitrogens with zero attached hydrogens (tertiary/aromatic N) is 1. The third-order valence-electron chi connectivity index (χ3n) is 1.20. The maximum atomic E-state index is 5.37. The van der Waals surface area contributed by atoms with E-state index < -0.39 is 0 Å². The van der Waals surface area contributed by atoms with E-state index in [9.17, 15) is 0 Å². The average Bonchev–Trinajstić information content (AvgIpc) is 2.46. The molecule has 9 heavy (non-hydrogen) atoms. The molecule has 1 aliphatic rings. The highest BCUT2D eigenvalue weighted by Gasteiger charge is 2.24. The van der Waals surface area contributed by atoms with Gasteiger partial charge in [-0.05, 0) is 12.8 Å². The molecule has 0 atom stereocenters. The van der Waals surface area contributed by atoms with Gasteiger partial charge in [-0.2, -0.15) is 0 Å². The number of thiazole rings is 1. The van der Waals surface area contributed by atoms with Gasteiger partial charge < -0.3 is 4.74 Å². The highest BCUT2D eigenvalue weighted by atomic mass is 32.1. The van der Waals surface area contributed by atoms with Crippen molar-refractivity contribution in [3.63, 3.8) is 0 Å². The Morgan fingerprint density at radius 3 is 3.11 bits per heavy atom. The van der Waals surface area contributed by atoms with Crippen molar-refractivity contribution in [2.24, 2.45) is 0 Å². The van der Waals surface area contributed by atoms with Crippen LogP contribution in [0.5, 0.6) is 5.19 Å². The third kappa shape index (κ3) is 1.21. The van der Waals surface area contributed by atoms with Gasteiger partial charge in [0, 0.05) is 11.6 Å². The van der Waals surface area contributed by atoms with Crippen molar-refractivity contribution in [2.45, 2.75) is 18.9 Å². The molecule has 2 nitrogen and oxygen atoms in total. The summed E-state index contributed by atoms with van der Waals surface area (Å²) in [7, 11) is 0. The Labute approximate surface area is 57.5 Å². The average molecular weight is 141 g/mol.